The maximum atomic E-state index is 6.02. The number of nitrogens with one attached hydrogen (secondary N) is 1. The van der Waals surface area contributed by atoms with E-state index in [-0.39, 0.29) is 5.28 Å². The van der Waals surface area contributed by atoms with Gasteiger partial charge in [0.1, 0.15) is 5.82 Å². The highest BCUT2D eigenvalue weighted by Crippen LogP contribution is 2.23. The van der Waals surface area contributed by atoms with Crippen LogP contribution in [-0.2, 0) is 4.74 Å². The minimum atomic E-state index is 0.181. The minimum Gasteiger partial charge on any atom is -0.383 e. The second kappa shape index (κ2) is 6.07. The SMILES string of the molecule is COCCNc1nc(Cl)nc2c1cnn2-c1ccccc1. The van der Waals surface area contributed by atoms with Crippen molar-refractivity contribution in [2.75, 3.05) is 25.6 Å². The summed E-state index contributed by atoms with van der Waals surface area (Å²) < 4.78 is 6.76. The first kappa shape index (κ1) is 13.8. The van der Waals surface area contributed by atoms with E-state index < -0.39 is 0 Å². The van der Waals surface area contributed by atoms with E-state index in [9.17, 15) is 0 Å². The Hall–Kier alpha value is -2.18. The molecule has 0 saturated heterocycles. The zero-order valence-electron chi connectivity index (χ0n) is 11.5. The molecule has 2 heterocycles. The molecule has 0 radical (unpaired) electrons. The van der Waals surface area contributed by atoms with Gasteiger partial charge in [-0.05, 0) is 23.7 Å². The molecule has 2 aromatic heterocycles. The molecule has 6 nitrogen and oxygen atoms in total. The summed E-state index contributed by atoms with van der Waals surface area (Å²) in [4.78, 5) is 8.50. The van der Waals surface area contributed by atoms with Crippen LogP contribution < -0.4 is 5.32 Å². The summed E-state index contributed by atoms with van der Waals surface area (Å²) in [7, 11) is 1.65. The number of halogens is 1. The smallest absolute Gasteiger partial charge is 0.226 e. The Morgan fingerprint density at radius 2 is 2.05 bits per heavy atom. The molecule has 0 saturated carbocycles. The van der Waals surface area contributed by atoms with E-state index in [0.717, 1.165) is 11.1 Å². The van der Waals surface area contributed by atoms with E-state index >= 15 is 0 Å². The lowest BCUT2D eigenvalue weighted by atomic mass is 10.3. The van der Waals surface area contributed by atoms with Crippen molar-refractivity contribution in [3.63, 3.8) is 0 Å². The van der Waals surface area contributed by atoms with Gasteiger partial charge in [0.15, 0.2) is 5.65 Å². The predicted molar refractivity (Wildman–Crippen MR) is 82.0 cm³/mol. The fraction of sp³-hybridized carbons (Fsp3) is 0.214. The Balaban J connectivity index is 2.05. The number of fused-ring (bicyclic) bond motifs is 1. The number of hydrogen-bond acceptors (Lipinski definition) is 5. The summed E-state index contributed by atoms with van der Waals surface area (Å²) in [6.45, 7) is 1.21. The van der Waals surface area contributed by atoms with Gasteiger partial charge in [0.05, 0.1) is 23.9 Å². The maximum absolute atomic E-state index is 6.02. The van der Waals surface area contributed by atoms with Gasteiger partial charge >= 0.3 is 0 Å². The van der Waals surface area contributed by atoms with Crippen LogP contribution >= 0.6 is 11.6 Å². The molecule has 0 aliphatic heterocycles. The Labute approximate surface area is 126 Å². The summed E-state index contributed by atoms with van der Waals surface area (Å²) in [5.41, 5.74) is 1.59. The van der Waals surface area contributed by atoms with Gasteiger partial charge < -0.3 is 10.1 Å². The number of methoxy groups -OCH3 is 1. The molecule has 0 amide bonds. The van der Waals surface area contributed by atoms with Gasteiger partial charge in [-0.1, -0.05) is 18.2 Å². The van der Waals surface area contributed by atoms with Gasteiger partial charge in [-0.15, -0.1) is 0 Å². The molecule has 1 N–H and O–H groups in total. The molecular weight excluding hydrogens is 290 g/mol. The van der Waals surface area contributed by atoms with Crippen LogP contribution in [0.4, 0.5) is 5.82 Å². The van der Waals surface area contributed by atoms with Crippen LogP contribution in [0.25, 0.3) is 16.7 Å². The third kappa shape index (κ3) is 2.81. The summed E-state index contributed by atoms with van der Waals surface area (Å²) in [5, 5.41) is 8.56. The van der Waals surface area contributed by atoms with Crippen molar-refractivity contribution in [3.05, 3.63) is 41.8 Å². The molecule has 0 spiro atoms. The average Bonchev–Trinajstić information content (AvgIpc) is 2.92. The number of rotatable bonds is 5. The predicted octanol–water partition coefficient (Wildman–Crippen LogP) is 2.53. The quantitative estimate of drug-likeness (QED) is 0.579. The van der Waals surface area contributed by atoms with Gasteiger partial charge in [-0.2, -0.15) is 15.1 Å². The number of aromatic nitrogens is 4. The number of anilines is 1. The molecule has 0 atom stereocenters. The number of nitrogens with zero attached hydrogens (tertiary/aromatic N) is 4. The van der Waals surface area contributed by atoms with Crippen LogP contribution in [0.15, 0.2) is 36.5 Å². The van der Waals surface area contributed by atoms with Crippen molar-refractivity contribution < 1.29 is 4.74 Å². The molecule has 0 bridgehead atoms. The Morgan fingerprint density at radius 3 is 2.81 bits per heavy atom. The molecule has 0 unspecified atom stereocenters. The van der Waals surface area contributed by atoms with Gasteiger partial charge in [-0.25, -0.2) is 4.68 Å². The maximum Gasteiger partial charge on any atom is 0.226 e. The topological polar surface area (TPSA) is 64.9 Å². The number of hydrogen-bond donors (Lipinski definition) is 1. The van der Waals surface area contributed by atoms with Crippen molar-refractivity contribution >= 4 is 28.5 Å². The van der Waals surface area contributed by atoms with E-state index in [2.05, 4.69) is 20.4 Å². The van der Waals surface area contributed by atoms with Crippen LogP contribution in [0.5, 0.6) is 0 Å². The zero-order valence-corrected chi connectivity index (χ0v) is 12.2. The highest BCUT2D eigenvalue weighted by molar-refractivity contribution is 6.28. The van der Waals surface area contributed by atoms with Crippen molar-refractivity contribution in [2.24, 2.45) is 0 Å². The summed E-state index contributed by atoms with van der Waals surface area (Å²) in [5.74, 6) is 0.657. The lowest BCUT2D eigenvalue weighted by molar-refractivity contribution is 0.210. The molecule has 0 aliphatic carbocycles. The Morgan fingerprint density at radius 1 is 1.24 bits per heavy atom. The second-order valence-electron chi connectivity index (χ2n) is 4.39. The van der Waals surface area contributed by atoms with E-state index in [1.165, 1.54) is 0 Å². The first-order chi connectivity index (χ1) is 10.3. The van der Waals surface area contributed by atoms with Gasteiger partial charge in [-0.3, -0.25) is 0 Å². The van der Waals surface area contributed by atoms with E-state index in [4.69, 9.17) is 16.3 Å². The third-order valence-electron chi connectivity index (χ3n) is 3.00. The molecule has 7 heteroatoms. The lowest BCUT2D eigenvalue weighted by Crippen LogP contribution is -2.09. The first-order valence-electron chi connectivity index (χ1n) is 6.49. The van der Waals surface area contributed by atoms with Gasteiger partial charge in [0.2, 0.25) is 5.28 Å². The largest absolute Gasteiger partial charge is 0.383 e. The molecule has 21 heavy (non-hydrogen) atoms. The van der Waals surface area contributed by atoms with Crippen LogP contribution in [0, 0.1) is 0 Å². The van der Waals surface area contributed by atoms with E-state index in [1.807, 2.05) is 30.3 Å². The van der Waals surface area contributed by atoms with Crippen molar-refractivity contribution in [3.8, 4) is 5.69 Å². The van der Waals surface area contributed by atoms with Crippen LogP contribution in [-0.4, -0.2) is 40.0 Å². The van der Waals surface area contributed by atoms with Crippen molar-refractivity contribution in [1.29, 1.82) is 0 Å². The highest BCUT2D eigenvalue weighted by atomic mass is 35.5. The Bertz CT molecular complexity index is 744. The molecule has 0 aliphatic rings. The normalized spacial score (nSPS) is 11.0. The van der Waals surface area contributed by atoms with Crippen molar-refractivity contribution in [2.45, 2.75) is 0 Å². The standard InChI is InChI=1S/C14H14ClN5O/c1-21-8-7-16-12-11-9-17-20(10-5-3-2-4-6-10)13(11)19-14(15)18-12/h2-6,9H,7-8H2,1H3,(H,16,18,19). The zero-order chi connectivity index (χ0) is 14.7. The molecule has 1 aromatic carbocycles. The van der Waals surface area contributed by atoms with E-state index in [0.29, 0.717) is 24.6 Å². The van der Waals surface area contributed by atoms with E-state index in [1.54, 1.807) is 18.0 Å². The average molecular weight is 304 g/mol. The fourth-order valence-corrected chi connectivity index (χ4v) is 2.21. The molecule has 3 rings (SSSR count). The minimum absolute atomic E-state index is 0.181. The molecule has 3 aromatic rings. The fourth-order valence-electron chi connectivity index (χ4n) is 2.05. The summed E-state index contributed by atoms with van der Waals surface area (Å²) in [6.07, 6.45) is 1.73. The van der Waals surface area contributed by atoms with Crippen LogP contribution in [0.3, 0.4) is 0 Å². The summed E-state index contributed by atoms with van der Waals surface area (Å²) >= 11 is 6.02. The molecule has 0 fully saturated rings. The highest BCUT2D eigenvalue weighted by Gasteiger charge is 2.12. The lowest BCUT2D eigenvalue weighted by Gasteiger charge is -2.07. The Kier molecular flexibility index (Phi) is 3.98. The van der Waals surface area contributed by atoms with Crippen LogP contribution in [0.2, 0.25) is 5.28 Å². The third-order valence-corrected chi connectivity index (χ3v) is 3.17. The number of benzene rings is 1. The van der Waals surface area contributed by atoms with Gasteiger partial charge in [0, 0.05) is 13.7 Å². The van der Waals surface area contributed by atoms with Crippen molar-refractivity contribution in [1.82, 2.24) is 19.7 Å². The number of para-hydroxylation sites is 1. The molecule has 108 valence electrons. The number of ether oxygens (including phenoxy) is 1. The second-order valence-corrected chi connectivity index (χ2v) is 4.73. The van der Waals surface area contributed by atoms with Crippen LogP contribution in [0.1, 0.15) is 0 Å². The first-order valence-corrected chi connectivity index (χ1v) is 6.87. The summed E-state index contributed by atoms with van der Waals surface area (Å²) in [6, 6.07) is 9.77. The van der Waals surface area contributed by atoms with Gasteiger partial charge in [0.25, 0.3) is 0 Å². The molecular formula is C14H14ClN5O. The monoisotopic (exact) mass is 303 g/mol.